The van der Waals surface area contributed by atoms with E-state index in [1.54, 1.807) is 0 Å². The maximum absolute atomic E-state index is 12.6. The fraction of sp³-hybridized carbons (Fsp3) is 0.562. The van der Waals surface area contributed by atoms with Crippen LogP contribution in [0.5, 0.6) is 0 Å². The number of halogens is 3. The zero-order valence-corrected chi connectivity index (χ0v) is 12.2. The number of ether oxygens (including phenoxy) is 1. The lowest BCUT2D eigenvalue weighted by Crippen LogP contribution is -2.43. The predicted molar refractivity (Wildman–Crippen MR) is 73.1 cm³/mol. The minimum atomic E-state index is -4.39. The molecule has 2 rings (SSSR count). The summed E-state index contributed by atoms with van der Waals surface area (Å²) in [4.78, 5) is 12.6. The average Bonchev–Trinajstić information content (AvgIpc) is 2.47. The van der Waals surface area contributed by atoms with Gasteiger partial charge < -0.3 is 4.74 Å². The number of hydrogen-bond donors (Lipinski definition) is 0. The first-order valence-corrected chi connectivity index (χ1v) is 7.06. The molecule has 0 N–H and O–H groups in total. The topological polar surface area (TPSA) is 26.3 Å². The molecule has 1 saturated carbocycles. The van der Waals surface area contributed by atoms with Crippen LogP contribution in [0.25, 0.3) is 0 Å². The van der Waals surface area contributed by atoms with Crippen LogP contribution in [0.3, 0.4) is 0 Å². The Labute approximate surface area is 122 Å². The monoisotopic (exact) mass is 300 g/mol. The molecular formula is C16H19F3O2. The third kappa shape index (κ3) is 3.28. The van der Waals surface area contributed by atoms with Crippen molar-refractivity contribution in [3.8, 4) is 0 Å². The van der Waals surface area contributed by atoms with Gasteiger partial charge >= 0.3 is 6.18 Å². The van der Waals surface area contributed by atoms with E-state index in [-0.39, 0.29) is 11.3 Å². The van der Waals surface area contributed by atoms with Crippen molar-refractivity contribution in [3.63, 3.8) is 0 Å². The number of alkyl halides is 3. The van der Waals surface area contributed by atoms with E-state index in [0.29, 0.717) is 18.8 Å². The minimum Gasteiger partial charge on any atom is -0.370 e. The summed E-state index contributed by atoms with van der Waals surface area (Å²) in [5, 5.41) is 0. The first-order chi connectivity index (χ1) is 9.78. The molecule has 0 atom stereocenters. The van der Waals surface area contributed by atoms with E-state index < -0.39 is 17.3 Å². The van der Waals surface area contributed by atoms with Crippen LogP contribution in [-0.4, -0.2) is 18.5 Å². The molecule has 1 fully saturated rings. The molecule has 0 amide bonds. The Hall–Kier alpha value is -1.36. The van der Waals surface area contributed by atoms with Crippen molar-refractivity contribution >= 4 is 5.78 Å². The van der Waals surface area contributed by atoms with Crippen molar-refractivity contribution < 1.29 is 22.7 Å². The predicted octanol–water partition coefficient (Wildman–Crippen LogP) is 4.48. The molecular weight excluding hydrogens is 281 g/mol. The molecule has 1 aliphatic carbocycles. The summed E-state index contributed by atoms with van der Waals surface area (Å²) in [5.74, 6) is 0.333. The van der Waals surface area contributed by atoms with Gasteiger partial charge in [-0.1, -0.05) is 19.1 Å². The van der Waals surface area contributed by atoms with Crippen LogP contribution in [-0.2, 0) is 10.9 Å². The van der Waals surface area contributed by atoms with Gasteiger partial charge in [-0.05, 0) is 43.7 Å². The van der Waals surface area contributed by atoms with E-state index >= 15 is 0 Å². The fourth-order valence-corrected chi connectivity index (χ4v) is 2.83. The number of Topliss-reactive ketones (excluding diaryl/α,β-unsaturated/α-hetero) is 1. The number of benzene rings is 1. The lowest BCUT2D eigenvalue weighted by Gasteiger charge is -2.37. The van der Waals surface area contributed by atoms with Gasteiger partial charge in [0.15, 0.2) is 5.78 Å². The Balaban J connectivity index is 2.22. The van der Waals surface area contributed by atoms with Crippen molar-refractivity contribution in [3.05, 3.63) is 35.4 Å². The second-order valence-electron chi connectivity index (χ2n) is 5.79. The van der Waals surface area contributed by atoms with E-state index in [2.05, 4.69) is 6.92 Å². The van der Waals surface area contributed by atoms with Crippen molar-refractivity contribution in [1.29, 1.82) is 0 Å². The summed E-state index contributed by atoms with van der Waals surface area (Å²) in [6.45, 7) is 2.13. The van der Waals surface area contributed by atoms with Gasteiger partial charge in [-0.3, -0.25) is 4.79 Å². The molecule has 0 radical (unpaired) electrons. The largest absolute Gasteiger partial charge is 0.416 e. The Morgan fingerprint density at radius 3 is 2.14 bits per heavy atom. The van der Waals surface area contributed by atoms with Crippen LogP contribution in [0.1, 0.15) is 48.5 Å². The van der Waals surface area contributed by atoms with Gasteiger partial charge in [0, 0.05) is 12.7 Å². The van der Waals surface area contributed by atoms with Crippen LogP contribution in [0.2, 0.25) is 0 Å². The molecule has 0 aromatic heterocycles. The number of carbonyl (C=O) groups excluding carboxylic acids is 1. The van der Waals surface area contributed by atoms with Gasteiger partial charge in [0.2, 0.25) is 0 Å². The number of hydrogen-bond acceptors (Lipinski definition) is 2. The van der Waals surface area contributed by atoms with Crippen LogP contribution in [0.15, 0.2) is 24.3 Å². The van der Waals surface area contributed by atoms with E-state index in [1.807, 2.05) is 0 Å². The SMILES string of the molecule is COC1(C(=O)c2ccc(C(F)(F)F)cc2)CCC(C)CC1. The molecule has 0 unspecified atom stereocenters. The molecule has 116 valence electrons. The molecule has 21 heavy (non-hydrogen) atoms. The molecule has 0 heterocycles. The molecule has 2 nitrogen and oxygen atoms in total. The van der Waals surface area contributed by atoms with E-state index in [1.165, 1.54) is 19.2 Å². The molecule has 0 bridgehead atoms. The first kappa shape index (κ1) is 16.0. The maximum Gasteiger partial charge on any atom is 0.416 e. The van der Waals surface area contributed by atoms with Gasteiger partial charge in [0.05, 0.1) is 5.56 Å². The Bertz CT molecular complexity index is 497. The third-order valence-corrected chi connectivity index (χ3v) is 4.36. The van der Waals surface area contributed by atoms with E-state index in [0.717, 1.165) is 25.0 Å². The maximum atomic E-state index is 12.6. The summed E-state index contributed by atoms with van der Waals surface area (Å²) >= 11 is 0. The molecule has 0 aliphatic heterocycles. The summed E-state index contributed by atoms with van der Waals surface area (Å²) < 4.78 is 43.1. The fourth-order valence-electron chi connectivity index (χ4n) is 2.83. The smallest absolute Gasteiger partial charge is 0.370 e. The number of rotatable bonds is 3. The van der Waals surface area contributed by atoms with Gasteiger partial charge in [0.25, 0.3) is 0 Å². The molecule has 1 aromatic carbocycles. The molecule has 0 saturated heterocycles. The highest BCUT2D eigenvalue weighted by Gasteiger charge is 2.41. The quantitative estimate of drug-likeness (QED) is 0.769. The summed E-state index contributed by atoms with van der Waals surface area (Å²) in [6.07, 6.45) is -1.38. The highest BCUT2D eigenvalue weighted by molar-refractivity contribution is 6.02. The van der Waals surface area contributed by atoms with Gasteiger partial charge in [-0.2, -0.15) is 13.2 Å². The van der Waals surface area contributed by atoms with Crippen LogP contribution in [0.4, 0.5) is 13.2 Å². The zero-order chi connectivity index (χ0) is 15.7. The van der Waals surface area contributed by atoms with Crippen molar-refractivity contribution in [1.82, 2.24) is 0 Å². The lowest BCUT2D eigenvalue weighted by molar-refractivity contribution is -0.137. The number of ketones is 1. The van der Waals surface area contributed by atoms with E-state index in [4.69, 9.17) is 4.74 Å². The third-order valence-electron chi connectivity index (χ3n) is 4.36. The van der Waals surface area contributed by atoms with Crippen LogP contribution in [0, 0.1) is 5.92 Å². The Morgan fingerprint density at radius 1 is 1.19 bits per heavy atom. The summed E-state index contributed by atoms with van der Waals surface area (Å²) in [6, 6.07) is 4.37. The standard InChI is InChI=1S/C16H19F3O2/c1-11-7-9-15(21-2,10-8-11)14(20)12-3-5-13(6-4-12)16(17,18)19/h3-6,11H,7-10H2,1-2H3. The Kier molecular flexibility index (Phi) is 4.42. The normalized spacial score (nSPS) is 26.6. The summed E-state index contributed by atoms with van der Waals surface area (Å²) in [5.41, 5.74) is -1.35. The van der Waals surface area contributed by atoms with Crippen molar-refractivity contribution in [2.24, 2.45) is 5.92 Å². The summed E-state index contributed by atoms with van der Waals surface area (Å²) in [7, 11) is 1.50. The van der Waals surface area contributed by atoms with Crippen molar-refractivity contribution in [2.75, 3.05) is 7.11 Å². The van der Waals surface area contributed by atoms with E-state index in [9.17, 15) is 18.0 Å². The van der Waals surface area contributed by atoms with Crippen molar-refractivity contribution in [2.45, 2.75) is 44.4 Å². The lowest BCUT2D eigenvalue weighted by atomic mass is 9.75. The van der Waals surface area contributed by atoms with Gasteiger partial charge in [0.1, 0.15) is 5.60 Å². The zero-order valence-electron chi connectivity index (χ0n) is 12.2. The second kappa shape index (κ2) is 5.79. The number of methoxy groups -OCH3 is 1. The number of carbonyl (C=O) groups is 1. The second-order valence-corrected chi connectivity index (χ2v) is 5.79. The molecule has 1 aliphatic rings. The van der Waals surface area contributed by atoms with Crippen LogP contribution < -0.4 is 0 Å². The first-order valence-electron chi connectivity index (χ1n) is 7.06. The van der Waals surface area contributed by atoms with Crippen LogP contribution >= 0.6 is 0 Å². The highest BCUT2D eigenvalue weighted by atomic mass is 19.4. The van der Waals surface area contributed by atoms with Gasteiger partial charge in [-0.15, -0.1) is 0 Å². The molecule has 5 heteroatoms. The van der Waals surface area contributed by atoms with Gasteiger partial charge in [-0.25, -0.2) is 0 Å². The molecule has 1 aromatic rings. The average molecular weight is 300 g/mol. The minimum absolute atomic E-state index is 0.217. The molecule has 0 spiro atoms. The Morgan fingerprint density at radius 2 is 1.71 bits per heavy atom. The highest BCUT2D eigenvalue weighted by Crippen LogP contribution is 2.37.